The Kier molecular flexibility index (Phi) is 2.06. The second kappa shape index (κ2) is 2.98. The summed E-state index contributed by atoms with van der Waals surface area (Å²) < 4.78 is 0. The minimum atomic E-state index is -0.609. The van der Waals surface area contributed by atoms with Crippen molar-refractivity contribution in [2.75, 3.05) is 13.1 Å². The Morgan fingerprint density at radius 3 is 2.31 bits per heavy atom. The van der Waals surface area contributed by atoms with Gasteiger partial charge in [0.2, 0.25) is 0 Å². The monoisotopic (exact) mass is 183 g/mol. The van der Waals surface area contributed by atoms with Gasteiger partial charge < -0.3 is 5.11 Å². The molecule has 1 saturated carbocycles. The van der Waals surface area contributed by atoms with Gasteiger partial charge in [0.15, 0.2) is 0 Å². The third-order valence-corrected chi connectivity index (χ3v) is 3.56. The predicted octanol–water partition coefficient (Wildman–Crippen LogP) is 1.34. The third kappa shape index (κ3) is 1.26. The van der Waals surface area contributed by atoms with E-state index in [9.17, 15) is 9.90 Å². The van der Waals surface area contributed by atoms with Crippen molar-refractivity contribution in [3.8, 4) is 0 Å². The minimum Gasteiger partial charge on any atom is -0.480 e. The van der Waals surface area contributed by atoms with Gasteiger partial charge in [0.05, 0.1) is 0 Å². The first-order valence-corrected chi connectivity index (χ1v) is 5.16. The van der Waals surface area contributed by atoms with Crippen LogP contribution < -0.4 is 0 Å². The molecule has 1 heterocycles. The zero-order valence-corrected chi connectivity index (χ0v) is 8.12. The van der Waals surface area contributed by atoms with E-state index >= 15 is 0 Å². The fourth-order valence-corrected chi connectivity index (χ4v) is 2.57. The van der Waals surface area contributed by atoms with Gasteiger partial charge in [-0.3, -0.25) is 9.69 Å². The zero-order chi connectivity index (χ0) is 9.47. The minimum absolute atomic E-state index is 0.350. The zero-order valence-electron chi connectivity index (χ0n) is 8.12. The van der Waals surface area contributed by atoms with Crippen molar-refractivity contribution >= 4 is 5.97 Å². The molecule has 0 bridgehead atoms. The molecular formula is C10H17NO2. The van der Waals surface area contributed by atoms with Gasteiger partial charge in [0.1, 0.15) is 5.54 Å². The van der Waals surface area contributed by atoms with E-state index in [1.165, 1.54) is 19.3 Å². The Morgan fingerprint density at radius 1 is 1.38 bits per heavy atom. The molecule has 1 aliphatic heterocycles. The summed E-state index contributed by atoms with van der Waals surface area (Å²) in [6, 6.07) is 0. The highest BCUT2D eigenvalue weighted by atomic mass is 16.4. The highest BCUT2D eigenvalue weighted by Crippen LogP contribution is 2.49. The average Bonchev–Trinajstić information content (AvgIpc) is 2.80. The second-order valence-electron chi connectivity index (χ2n) is 4.38. The quantitative estimate of drug-likeness (QED) is 0.702. The van der Waals surface area contributed by atoms with E-state index in [-0.39, 0.29) is 0 Å². The number of hydrogen-bond acceptors (Lipinski definition) is 2. The molecule has 2 atom stereocenters. The molecule has 2 unspecified atom stereocenters. The van der Waals surface area contributed by atoms with Crippen molar-refractivity contribution in [1.82, 2.24) is 4.90 Å². The van der Waals surface area contributed by atoms with Crippen molar-refractivity contribution in [2.45, 2.75) is 38.1 Å². The Balaban J connectivity index is 2.08. The molecule has 13 heavy (non-hydrogen) atoms. The summed E-state index contributed by atoms with van der Waals surface area (Å²) in [5, 5.41) is 9.18. The molecule has 74 valence electrons. The fraction of sp³-hybridized carbons (Fsp3) is 0.900. The second-order valence-corrected chi connectivity index (χ2v) is 4.38. The molecule has 0 spiro atoms. The average molecular weight is 183 g/mol. The molecule has 3 nitrogen and oxygen atoms in total. The summed E-state index contributed by atoms with van der Waals surface area (Å²) in [5.41, 5.74) is -0.472. The van der Waals surface area contributed by atoms with Crippen molar-refractivity contribution in [3.63, 3.8) is 0 Å². The van der Waals surface area contributed by atoms with Gasteiger partial charge in [0.25, 0.3) is 0 Å². The van der Waals surface area contributed by atoms with Crippen molar-refractivity contribution in [1.29, 1.82) is 0 Å². The van der Waals surface area contributed by atoms with Crippen LogP contribution in [0.2, 0.25) is 0 Å². The maximum Gasteiger partial charge on any atom is 0.324 e. The molecular weight excluding hydrogens is 166 g/mol. The number of likely N-dealkylation sites (tertiary alicyclic amines) is 1. The third-order valence-electron chi connectivity index (χ3n) is 3.56. The number of hydrogen-bond donors (Lipinski definition) is 1. The summed E-state index contributed by atoms with van der Waals surface area (Å²) in [6.07, 6.45) is 4.45. The molecule has 0 aromatic rings. The van der Waals surface area contributed by atoms with Gasteiger partial charge in [0, 0.05) is 0 Å². The number of rotatable bonds is 2. The van der Waals surface area contributed by atoms with E-state index in [2.05, 4.69) is 4.90 Å². The molecule has 1 N–H and O–H groups in total. The number of carboxylic acid groups (broad SMARTS) is 1. The van der Waals surface area contributed by atoms with Gasteiger partial charge >= 0.3 is 5.97 Å². The number of carboxylic acids is 1. The number of carbonyl (C=O) groups is 1. The van der Waals surface area contributed by atoms with Crippen LogP contribution in [0.25, 0.3) is 0 Å². The Bertz CT molecular complexity index is 223. The Hall–Kier alpha value is -0.570. The van der Waals surface area contributed by atoms with E-state index < -0.39 is 11.5 Å². The standard InChI is InChI=1S/C10H17NO2/c1-8-7-10(8,9(12)13)11-5-3-2-4-6-11/h8H,2-7H2,1H3,(H,12,13). The molecule has 0 aromatic heterocycles. The van der Waals surface area contributed by atoms with Crippen LogP contribution in [0.5, 0.6) is 0 Å². The molecule has 0 amide bonds. The van der Waals surface area contributed by atoms with E-state index in [4.69, 9.17) is 0 Å². The van der Waals surface area contributed by atoms with E-state index in [1.54, 1.807) is 0 Å². The highest BCUT2D eigenvalue weighted by molar-refractivity contribution is 5.83. The van der Waals surface area contributed by atoms with Crippen molar-refractivity contribution in [3.05, 3.63) is 0 Å². The first kappa shape index (κ1) is 9.00. The predicted molar refractivity (Wildman–Crippen MR) is 49.6 cm³/mol. The lowest BCUT2D eigenvalue weighted by Gasteiger charge is -2.32. The highest BCUT2D eigenvalue weighted by Gasteiger charge is 2.61. The molecule has 2 rings (SSSR count). The maximum absolute atomic E-state index is 11.2. The van der Waals surface area contributed by atoms with Crippen LogP contribution in [0.1, 0.15) is 32.6 Å². The number of nitrogens with zero attached hydrogens (tertiary/aromatic N) is 1. The molecule has 2 fully saturated rings. The SMILES string of the molecule is CC1CC1(C(=O)O)N1CCCCC1. The summed E-state index contributed by atoms with van der Waals surface area (Å²) in [4.78, 5) is 13.3. The molecule has 1 aliphatic carbocycles. The molecule has 2 aliphatic rings. The number of aliphatic carboxylic acids is 1. The summed E-state index contributed by atoms with van der Waals surface area (Å²) in [7, 11) is 0. The Labute approximate surface area is 78.7 Å². The summed E-state index contributed by atoms with van der Waals surface area (Å²) >= 11 is 0. The van der Waals surface area contributed by atoms with Gasteiger partial charge in [-0.2, -0.15) is 0 Å². The lowest BCUT2D eigenvalue weighted by Crippen LogP contribution is -2.47. The van der Waals surface area contributed by atoms with Crippen LogP contribution in [0.15, 0.2) is 0 Å². The van der Waals surface area contributed by atoms with Crippen molar-refractivity contribution < 1.29 is 9.90 Å². The smallest absolute Gasteiger partial charge is 0.324 e. The molecule has 0 aromatic carbocycles. The van der Waals surface area contributed by atoms with Gasteiger partial charge in [-0.15, -0.1) is 0 Å². The molecule has 3 heteroatoms. The van der Waals surface area contributed by atoms with Crippen LogP contribution in [-0.4, -0.2) is 34.6 Å². The van der Waals surface area contributed by atoms with Crippen LogP contribution in [0.4, 0.5) is 0 Å². The maximum atomic E-state index is 11.2. The van der Waals surface area contributed by atoms with Crippen LogP contribution >= 0.6 is 0 Å². The first-order chi connectivity index (χ1) is 6.18. The largest absolute Gasteiger partial charge is 0.480 e. The van der Waals surface area contributed by atoms with Crippen LogP contribution in [0, 0.1) is 5.92 Å². The fourth-order valence-electron chi connectivity index (χ4n) is 2.57. The molecule has 1 saturated heterocycles. The lowest BCUT2D eigenvalue weighted by molar-refractivity contribution is -0.146. The number of piperidine rings is 1. The van der Waals surface area contributed by atoms with Gasteiger partial charge in [-0.05, 0) is 38.3 Å². The van der Waals surface area contributed by atoms with Gasteiger partial charge in [-0.25, -0.2) is 0 Å². The summed E-state index contributed by atoms with van der Waals surface area (Å²) in [5.74, 6) is -0.259. The van der Waals surface area contributed by atoms with Gasteiger partial charge in [-0.1, -0.05) is 13.3 Å². The lowest BCUT2D eigenvalue weighted by atomic mass is 10.1. The topological polar surface area (TPSA) is 40.5 Å². The van der Waals surface area contributed by atoms with Crippen LogP contribution in [-0.2, 0) is 4.79 Å². The molecule has 0 radical (unpaired) electrons. The van der Waals surface area contributed by atoms with E-state index in [1.807, 2.05) is 6.92 Å². The van der Waals surface area contributed by atoms with E-state index in [0.717, 1.165) is 19.5 Å². The normalized spacial score (nSPS) is 40.2. The van der Waals surface area contributed by atoms with E-state index in [0.29, 0.717) is 5.92 Å². The Morgan fingerprint density at radius 2 is 1.92 bits per heavy atom. The first-order valence-electron chi connectivity index (χ1n) is 5.16. The summed E-state index contributed by atoms with van der Waals surface area (Å²) in [6.45, 7) is 4.01. The van der Waals surface area contributed by atoms with Crippen LogP contribution in [0.3, 0.4) is 0 Å². The van der Waals surface area contributed by atoms with Crippen molar-refractivity contribution in [2.24, 2.45) is 5.92 Å².